The summed E-state index contributed by atoms with van der Waals surface area (Å²) in [7, 11) is 1.57. The molecule has 1 radical (unpaired) electrons. The fourth-order valence-electron chi connectivity index (χ4n) is 2.77. The molecule has 1 aliphatic carbocycles. The first-order valence-corrected chi connectivity index (χ1v) is 8.08. The number of rotatable bonds is 4. The number of aliphatic hydroxyl groups excluding tert-OH is 1. The molecular weight excluding hydrogens is 337 g/mol. The molecule has 23 heavy (non-hydrogen) atoms. The van der Waals surface area contributed by atoms with Gasteiger partial charge < -0.3 is 14.6 Å². The number of hydrogen-bond acceptors (Lipinski definition) is 4. The molecule has 1 N–H and O–H groups in total. The molecule has 1 aromatic heterocycles. The number of ether oxygens (including phenoxy) is 2. The first kappa shape index (κ1) is 16.4. The molecule has 0 bridgehead atoms. The summed E-state index contributed by atoms with van der Waals surface area (Å²) in [5, 5.41) is 10.5. The number of hydrogen-bond donors (Lipinski definition) is 1. The van der Waals surface area contributed by atoms with Crippen LogP contribution in [0.3, 0.4) is 0 Å². The first-order chi connectivity index (χ1) is 11.1. The van der Waals surface area contributed by atoms with Gasteiger partial charge in [0.05, 0.1) is 23.3 Å². The van der Waals surface area contributed by atoms with E-state index >= 15 is 0 Å². The number of aliphatic hydroxyl groups is 1. The Balaban J connectivity index is 2.06. The number of aromatic nitrogens is 1. The third-order valence-corrected chi connectivity index (χ3v) is 4.45. The highest BCUT2D eigenvalue weighted by Crippen LogP contribution is 2.44. The Morgan fingerprint density at radius 1 is 1.26 bits per heavy atom. The maximum absolute atomic E-state index is 9.71. The minimum absolute atomic E-state index is 0.0761. The molecule has 2 aromatic rings. The van der Waals surface area contributed by atoms with Gasteiger partial charge >= 0.3 is 0 Å². The number of pyridine rings is 1. The Bertz CT molecular complexity index is 688. The van der Waals surface area contributed by atoms with E-state index in [9.17, 15) is 5.11 Å². The third-order valence-electron chi connectivity index (χ3n) is 3.88. The molecule has 2 unspecified atom stereocenters. The van der Waals surface area contributed by atoms with Gasteiger partial charge in [-0.1, -0.05) is 23.2 Å². The molecule has 2 atom stereocenters. The quantitative estimate of drug-likeness (QED) is 0.897. The van der Waals surface area contributed by atoms with E-state index in [4.69, 9.17) is 32.7 Å². The van der Waals surface area contributed by atoms with E-state index in [0.717, 1.165) is 12.8 Å². The van der Waals surface area contributed by atoms with Crippen molar-refractivity contribution in [2.45, 2.75) is 31.5 Å². The van der Waals surface area contributed by atoms with Gasteiger partial charge in [0, 0.05) is 29.9 Å². The van der Waals surface area contributed by atoms with Crippen LogP contribution < -0.4 is 9.47 Å². The zero-order valence-corrected chi connectivity index (χ0v) is 14.1. The van der Waals surface area contributed by atoms with Gasteiger partial charge in [-0.25, -0.2) is 0 Å². The van der Waals surface area contributed by atoms with Crippen LogP contribution in [0.5, 0.6) is 11.5 Å². The Labute approximate surface area is 145 Å². The van der Waals surface area contributed by atoms with Crippen molar-refractivity contribution in [2.24, 2.45) is 0 Å². The van der Waals surface area contributed by atoms with Crippen LogP contribution in [0, 0.1) is 6.07 Å². The van der Waals surface area contributed by atoms with Gasteiger partial charge in [0.25, 0.3) is 0 Å². The van der Waals surface area contributed by atoms with Crippen LogP contribution in [0.15, 0.2) is 24.5 Å². The molecule has 0 amide bonds. The SMILES string of the molecule is COc1cc[c]c(-c2c(Cl)cncc2Cl)c1OC1CCC(O)C1. The van der Waals surface area contributed by atoms with Crippen LogP contribution in [0.1, 0.15) is 19.3 Å². The smallest absolute Gasteiger partial charge is 0.170 e. The number of halogens is 2. The summed E-state index contributed by atoms with van der Waals surface area (Å²) in [6.07, 6.45) is 4.77. The molecular formula is C17H16Cl2NO3. The number of nitrogens with zero attached hydrogens (tertiary/aromatic N) is 1. The Kier molecular flexibility index (Phi) is 4.95. The lowest BCUT2D eigenvalue weighted by molar-refractivity contribution is 0.147. The zero-order valence-electron chi connectivity index (χ0n) is 12.6. The molecule has 1 heterocycles. The Hall–Kier alpha value is -1.49. The highest BCUT2D eigenvalue weighted by molar-refractivity contribution is 6.39. The molecule has 0 aliphatic heterocycles. The van der Waals surface area contributed by atoms with E-state index in [0.29, 0.717) is 39.1 Å². The highest BCUT2D eigenvalue weighted by Gasteiger charge is 2.27. The van der Waals surface area contributed by atoms with Crippen LogP contribution in [0.25, 0.3) is 11.1 Å². The predicted molar refractivity (Wildman–Crippen MR) is 89.4 cm³/mol. The van der Waals surface area contributed by atoms with Crippen molar-refractivity contribution in [3.63, 3.8) is 0 Å². The molecule has 3 rings (SSSR count). The van der Waals surface area contributed by atoms with Crippen molar-refractivity contribution in [3.05, 3.63) is 40.6 Å². The largest absolute Gasteiger partial charge is 0.493 e. The van der Waals surface area contributed by atoms with Crippen molar-refractivity contribution >= 4 is 23.2 Å². The van der Waals surface area contributed by atoms with E-state index in [1.165, 1.54) is 12.4 Å². The monoisotopic (exact) mass is 352 g/mol. The van der Waals surface area contributed by atoms with E-state index in [1.54, 1.807) is 19.2 Å². The van der Waals surface area contributed by atoms with E-state index in [2.05, 4.69) is 11.1 Å². The van der Waals surface area contributed by atoms with Gasteiger partial charge in [-0.2, -0.15) is 0 Å². The predicted octanol–water partition coefficient (Wildman–Crippen LogP) is 4.16. The summed E-state index contributed by atoms with van der Waals surface area (Å²) in [4.78, 5) is 3.97. The molecule has 0 spiro atoms. The first-order valence-electron chi connectivity index (χ1n) is 7.33. The van der Waals surface area contributed by atoms with Gasteiger partial charge in [-0.15, -0.1) is 0 Å². The lowest BCUT2D eigenvalue weighted by Gasteiger charge is -2.20. The number of benzene rings is 1. The molecule has 1 saturated carbocycles. The Morgan fingerprint density at radius 3 is 2.61 bits per heavy atom. The van der Waals surface area contributed by atoms with Crippen LogP contribution in [-0.2, 0) is 0 Å². The lowest BCUT2D eigenvalue weighted by atomic mass is 10.0. The molecule has 121 valence electrons. The van der Waals surface area contributed by atoms with E-state index < -0.39 is 0 Å². The van der Waals surface area contributed by atoms with Crippen molar-refractivity contribution in [1.29, 1.82) is 0 Å². The van der Waals surface area contributed by atoms with Crippen molar-refractivity contribution < 1.29 is 14.6 Å². The van der Waals surface area contributed by atoms with Crippen molar-refractivity contribution in [3.8, 4) is 22.6 Å². The minimum Gasteiger partial charge on any atom is -0.493 e. The van der Waals surface area contributed by atoms with Crippen molar-refractivity contribution in [2.75, 3.05) is 7.11 Å². The van der Waals surface area contributed by atoms with E-state index in [-0.39, 0.29) is 12.2 Å². The summed E-state index contributed by atoms with van der Waals surface area (Å²) in [6, 6.07) is 6.64. The summed E-state index contributed by atoms with van der Waals surface area (Å²) in [5.41, 5.74) is 1.24. The second-order valence-electron chi connectivity index (χ2n) is 5.44. The maximum Gasteiger partial charge on any atom is 0.170 e. The summed E-state index contributed by atoms with van der Waals surface area (Å²) in [5.74, 6) is 1.10. The average molecular weight is 353 g/mol. The molecule has 1 fully saturated rings. The van der Waals surface area contributed by atoms with Gasteiger partial charge in [-0.05, 0) is 31.0 Å². The number of methoxy groups -OCH3 is 1. The highest BCUT2D eigenvalue weighted by atomic mass is 35.5. The summed E-state index contributed by atoms with van der Waals surface area (Å²) < 4.78 is 11.5. The molecule has 1 aromatic carbocycles. The summed E-state index contributed by atoms with van der Waals surface area (Å²) in [6.45, 7) is 0. The van der Waals surface area contributed by atoms with Gasteiger partial charge in [0.1, 0.15) is 6.10 Å². The zero-order chi connectivity index (χ0) is 16.4. The molecule has 0 saturated heterocycles. The van der Waals surface area contributed by atoms with Gasteiger partial charge in [0.15, 0.2) is 11.5 Å². The van der Waals surface area contributed by atoms with Crippen LogP contribution in [0.2, 0.25) is 10.0 Å². The fourth-order valence-corrected chi connectivity index (χ4v) is 3.32. The Morgan fingerprint density at radius 2 is 2.00 bits per heavy atom. The van der Waals surface area contributed by atoms with Gasteiger partial charge in [-0.3, -0.25) is 4.98 Å². The second kappa shape index (κ2) is 6.95. The van der Waals surface area contributed by atoms with Gasteiger partial charge in [0.2, 0.25) is 0 Å². The van der Waals surface area contributed by atoms with Crippen LogP contribution in [-0.4, -0.2) is 29.4 Å². The van der Waals surface area contributed by atoms with Crippen LogP contribution in [0.4, 0.5) is 0 Å². The lowest BCUT2D eigenvalue weighted by Crippen LogP contribution is -2.14. The fraction of sp³-hybridized carbons (Fsp3) is 0.353. The second-order valence-corrected chi connectivity index (χ2v) is 6.25. The standard InChI is InChI=1S/C17H16Cl2NO3/c1-22-15-4-2-3-12(16-13(18)8-20-9-14(16)19)17(15)23-11-6-5-10(21)7-11/h2,4,8-11,21H,5-7H2,1H3. The molecule has 6 heteroatoms. The summed E-state index contributed by atoms with van der Waals surface area (Å²) >= 11 is 12.5. The molecule has 4 nitrogen and oxygen atoms in total. The van der Waals surface area contributed by atoms with E-state index in [1.807, 2.05) is 0 Å². The van der Waals surface area contributed by atoms with Crippen molar-refractivity contribution in [1.82, 2.24) is 4.98 Å². The molecule has 1 aliphatic rings. The topological polar surface area (TPSA) is 51.6 Å². The normalized spacial score (nSPS) is 20.5. The maximum atomic E-state index is 9.71. The third kappa shape index (κ3) is 3.39. The average Bonchev–Trinajstić information content (AvgIpc) is 2.93. The van der Waals surface area contributed by atoms with Crippen LogP contribution >= 0.6 is 23.2 Å². The minimum atomic E-state index is -0.324.